The van der Waals surface area contributed by atoms with E-state index < -0.39 is 5.24 Å². The summed E-state index contributed by atoms with van der Waals surface area (Å²) in [6.45, 7) is 0. The van der Waals surface area contributed by atoms with Gasteiger partial charge in [0.05, 0.1) is 0 Å². The Morgan fingerprint density at radius 3 is 2.71 bits per heavy atom. The molecule has 0 atom stereocenters. The molecule has 0 unspecified atom stereocenters. The number of rotatable bonds is 1. The Morgan fingerprint density at radius 2 is 2.00 bits per heavy atom. The maximum Gasteiger partial charge on any atom is 0.273 e. The second kappa shape index (κ2) is 4.35. The number of halogens is 2. The van der Waals surface area contributed by atoms with Crippen LogP contribution in [0, 0.1) is 0 Å². The first kappa shape index (κ1) is 10.9. The molecule has 0 aliphatic heterocycles. The fourth-order valence-corrected chi connectivity index (χ4v) is 1.29. The smallest absolute Gasteiger partial charge is 0.273 e. The van der Waals surface area contributed by atoms with Crippen molar-refractivity contribution in [1.82, 2.24) is 9.97 Å². The molecule has 2 aromatic heterocycles. The van der Waals surface area contributed by atoms with Crippen molar-refractivity contribution in [2.45, 2.75) is 0 Å². The van der Waals surface area contributed by atoms with Gasteiger partial charge in [0.15, 0.2) is 0 Å². The van der Waals surface area contributed by atoms with Crippen molar-refractivity contribution in [1.29, 1.82) is 0 Å². The molecule has 0 aliphatic carbocycles. The summed E-state index contributed by atoms with van der Waals surface area (Å²) in [5, 5.41) is 0.283. The minimum atomic E-state index is -0.579. The van der Waals surface area contributed by atoms with Gasteiger partial charge in [-0.05, 0) is 23.7 Å². The zero-order valence-electron chi connectivity index (χ0n) is 6.98. The molecule has 0 amide bonds. The van der Waals surface area contributed by atoms with E-state index in [2.05, 4.69) is 9.97 Å². The van der Waals surface area contributed by atoms with Crippen LogP contribution in [0.3, 0.4) is 0 Å². The second-order valence-electron chi connectivity index (χ2n) is 2.51. The number of carbonyl (C=O) groups is 1. The summed E-state index contributed by atoms with van der Waals surface area (Å²) in [6, 6.07) is 5.43. The average molecular weight is 229 g/mol. The molecule has 2 rings (SSSR count). The molecule has 0 saturated heterocycles. The van der Waals surface area contributed by atoms with Gasteiger partial charge in [-0.2, -0.15) is 0 Å². The lowest BCUT2D eigenvalue weighted by molar-refractivity contribution is 0.107. The summed E-state index contributed by atoms with van der Waals surface area (Å²) < 4.78 is 0. The molecular weight excluding hydrogens is 223 g/mol. The lowest BCUT2D eigenvalue weighted by atomic mass is 10.2. The summed E-state index contributed by atoms with van der Waals surface area (Å²) in [5.41, 5.74) is 0.754. The van der Waals surface area contributed by atoms with Gasteiger partial charge in [0.1, 0.15) is 11.2 Å². The van der Waals surface area contributed by atoms with Crippen molar-refractivity contribution in [3.8, 4) is 0 Å². The Kier molecular flexibility index (Phi) is 3.38. The van der Waals surface area contributed by atoms with E-state index in [1.165, 1.54) is 0 Å². The molecule has 0 saturated carbocycles. The Morgan fingerprint density at radius 1 is 1.21 bits per heavy atom. The highest BCUT2D eigenvalue weighted by atomic mass is 35.5. The second-order valence-corrected chi connectivity index (χ2v) is 2.85. The number of carbonyl (C=O) groups excluding carboxylic acids is 1. The summed E-state index contributed by atoms with van der Waals surface area (Å²) >= 11 is 5.34. The van der Waals surface area contributed by atoms with Crippen LogP contribution in [0.4, 0.5) is 0 Å². The van der Waals surface area contributed by atoms with Crippen molar-refractivity contribution in [2.24, 2.45) is 0 Å². The third kappa shape index (κ3) is 1.84. The van der Waals surface area contributed by atoms with Crippen LogP contribution in [0.15, 0.2) is 30.6 Å². The third-order valence-corrected chi connectivity index (χ3v) is 1.89. The lowest BCUT2D eigenvalue weighted by Crippen LogP contribution is -1.96. The van der Waals surface area contributed by atoms with Crippen molar-refractivity contribution in [3.05, 3.63) is 36.3 Å². The number of nitrogens with zero attached hydrogens (tertiary/aromatic N) is 2. The predicted octanol–water partition coefficient (Wildman–Crippen LogP) is 2.43. The first-order valence-corrected chi connectivity index (χ1v) is 4.06. The van der Waals surface area contributed by atoms with Gasteiger partial charge >= 0.3 is 0 Å². The van der Waals surface area contributed by atoms with Crippen molar-refractivity contribution in [2.75, 3.05) is 0 Å². The highest BCUT2D eigenvalue weighted by Gasteiger charge is 2.08. The van der Waals surface area contributed by atoms with E-state index in [4.69, 9.17) is 11.6 Å². The van der Waals surface area contributed by atoms with Crippen LogP contribution < -0.4 is 0 Å². The zero-order chi connectivity index (χ0) is 9.26. The van der Waals surface area contributed by atoms with Crippen molar-refractivity contribution in [3.63, 3.8) is 0 Å². The minimum Gasteiger partial charge on any atom is -0.274 e. The van der Waals surface area contributed by atoms with E-state index in [-0.39, 0.29) is 18.1 Å². The molecule has 0 N–H and O–H groups in total. The Bertz CT molecular complexity index is 468. The van der Waals surface area contributed by atoms with Gasteiger partial charge in [0.25, 0.3) is 5.24 Å². The number of fused-ring (bicyclic) bond motifs is 1. The van der Waals surface area contributed by atoms with Gasteiger partial charge < -0.3 is 0 Å². The highest BCUT2D eigenvalue weighted by molar-refractivity contribution is 6.68. The monoisotopic (exact) mass is 228 g/mol. The number of aromatic nitrogens is 2. The van der Waals surface area contributed by atoms with Gasteiger partial charge in [0.2, 0.25) is 0 Å². The van der Waals surface area contributed by atoms with Gasteiger partial charge in [-0.15, -0.1) is 12.4 Å². The van der Waals surface area contributed by atoms with E-state index in [1.807, 2.05) is 6.07 Å². The van der Waals surface area contributed by atoms with E-state index >= 15 is 0 Å². The van der Waals surface area contributed by atoms with Gasteiger partial charge in [-0.3, -0.25) is 9.78 Å². The molecule has 5 heteroatoms. The predicted molar refractivity (Wildman–Crippen MR) is 57.0 cm³/mol. The van der Waals surface area contributed by atoms with E-state index in [1.54, 1.807) is 24.5 Å². The lowest BCUT2D eigenvalue weighted by Gasteiger charge is -1.98. The topological polar surface area (TPSA) is 42.9 Å². The maximum absolute atomic E-state index is 10.9. The van der Waals surface area contributed by atoms with Crippen LogP contribution in [0.5, 0.6) is 0 Å². The Hall–Kier alpha value is -1.19. The Labute approximate surface area is 91.5 Å². The van der Waals surface area contributed by atoms with E-state index in [9.17, 15) is 4.79 Å². The van der Waals surface area contributed by atoms with Gasteiger partial charge in [0, 0.05) is 17.8 Å². The standard InChI is InChI=1S/C9H5ClN2O.ClH/c10-9(13)8-7-6(3-5-12-8)2-1-4-11-7;/h1-5H;1H. The Balaban J connectivity index is 0.000000980. The zero-order valence-corrected chi connectivity index (χ0v) is 8.55. The molecule has 2 heterocycles. The van der Waals surface area contributed by atoms with E-state index in [0.29, 0.717) is 5.52 Å². The summed E-state index contributed by atoms with van der Waals surface area (Å²) in [5.74, 6) is 0. The summed E-state index contributed by atoms with van der Waals surface area (Å²) in [4.78, 5) is 18.8. The van der Waals surface area contributed by atoms with Crippen LogP contribution in [0.25, 0.3) is 10.9 Å². The highest BCUT2D eigenvalue weighted by Crippen LogP contribution is 2.14. The first-order chi connectivity index (χ1) is 6.29. The molecular formula is C9H6Cl2N2O. The number of hydrogen-bond donors (Lipinski definition) is 0. The average Bonchev–Trinajstić information content (AvgIpc) is 2.17. The van der Waals surface area contributed by atoms with Crippen molar-refractivity contribution >= 4 is 40.2 Å². The van der Waals surface area contributed by atoms with Gasteiger partial charge in [-0.25, -0.2) is 4.98 Å². The molecule has 14 heavy (non-hydrogen) atoms. The molecule has 0 spiro atoms. The normalized spacial score (nSPS) is 9.50. The number of hydrogen-bond acceptors (Lipinski definition) is 3. The molecule has 0 radical (unpaired) electrons. The molecule has 0 fully saturated rings. The van der Waals surface area contributed by atoms with Crippen LogP contribution in [-0.2, 0) is 0 Å². The SMILES string of the molecule is Cl.O=C(Cl)c1nccc2cccnc12. The molecule has 0 bridgehead atoms. The van der Waals surface area contributed by atoms with Crippen LogP contribution >= 0.6 is 24.0 Å². The third-order valence-electron chi connectivity index (χ3n) is 1.71. The summed E-state index contributed by atoms with van der Waals surface area (Å²) in [6.07, 6.45) is 3.15. The van der Waals surface area contributed by atoms with Crippen LogP contribution in [0.1, 0.15) is 10.5 Å². The summed E-state index contributed by atoms with van der Waals surface area (Å²) in [7, 11) is 0. The van der Waals surface area contributed by atoms with Gasteiger partial charge in [-0.1, -0.05) is 6.07 Å². The molecule has 72 valence electrons. The number of pyridine rings is 2. The molecule has 2 aromatic rings. The van der Waals surface area contributed by atoms with E-state index in [0.717, 1.165) is 5.39 Å². The quantitative estimate of drug-likeness (QED) is 0.705. The fourth-order valence-electron chi connectivity index (χ4n) is 1.15. The minimum absolute atomic E-state index is 0. The fraction of sp³-hybridized carbons (Fsp3) is 0. The molecule has 0 aromatic carbocycles. The first-order valence-electron chi connectivity index (χ1n) is 3.68. The molecule has 0 aliphatic rings. The van der Waals surface area contributed by atoms with Crippen LogP contribution in [0.2, 0.25) is 0 Å². The maximum atomic E-state index is 10.9. The van der Waals surface area contributed by atoms with Crippen molar-refractivity contribution < 1.29 is 4.79 Å². The van der Waals surface area contributed by atoms with Crippen LogP contribution in [-0.4, -0.2) is 15.2 Å². The molecule has 3 nitrogen and oxygen atoms in total. The largest absolute Gasteiger partial charge is 0.274 e.